The number of nitrogens with one attached hydrogen (secondary N) is 1. The zero-order chi connectivity index (χ0) is 15.0. The van der Waals surface area contributed by atoms with Crippen LogP contribution in [0.1, 0.15) is 50.8 Å². The molecule has 0 spiro atoms. The molecule has 1 aromatic rings. The largest absolute Gasteiger partial charge is 0.310 e. The molecule has 0 aliphatic rings. The van der Waals surface area contributed by atoms with Crippen LogP contribution >= 0.6 is 0 Å². The van der Waals surface area contributed by atoms with Gasteiger partial charge in [-0.2, -0.15) is 0 Å². The van der Waals surface area contributed by atoms with Gasteiger partial charge in [-0.05, 0) is 45.0 Å². The van der Waals surface area contributed by atoms with Gasteiger partial charge in [0.1, 0.15) is 0 Å². The highest BCUT2D eigenvalue weighted by molar-refractivity contribution is 5.24. The Balaban J connectivity index is 2.52. The van der Waals surface area contributed by atoms with Gasteiger partial charge in [0.15, 0.2) is 0 Å². The third-order valence-electron chi connectivity index (χ3n) is 4.05. The van der Waals surface area contributed by atoms with Crippen LogP contribution in [0.3, 0.4) is 0 Å². The zero-order valence-corrected chi connectivity index (χ0v) is 13.9. The van der Waals surface area contributed by atoms with Crippen LogP contribution in [0.4, 0.5) is 0 Å². The van der Waals surface area contributed by atoms with Gasteiger partial charge in [-0.3, -0.25) is 0 Å². The molecule has 0 amide bonds. The molecule has 20 heavy (non-hydrogen) atoms. The molecule has 0 radical (unpaired) electrons. The minimum Gasteiger partial charge on any atom is -0.310 e. The maximum absolute atomic E-state index is 3.61. The molecule has 2 atom stereocenters. The highest BCUT2D eigenvalue weighted by Gasteiger charge is 2.12. The molecule has 2 heteroatoms. The Morgan fingerprint density at radius 2 is 1.80 bits per heavy atom. The lowest BCUT2D eigenvalue weighted by Crippen LogP contribution is -2.29. The Hall–Kier alpha value is -0.860. The molecular formula is C18H32N2. The van der Waals surface area contributed by atoms with Gasteiger partial charge in [-0.25, -0.2) is 0 Å². The summed E-state index contributed by atoms with van der Waals surface area (Å²) in [6, 6.07) is 9.42. The fourth-order valence-corrected chi connectivity index (χ4v) is 2.53. The Bertz CT molecular complexity index is 358. The van der Waals surface area contributed by atoms with Crippen molar-refractivity contribution in [2.75, 3.05) is 26.7 Å². The first-order valence-corrected chi connectivity index (χ1v) is 8.05. The van der Waals surface area contributed by atoms with Crippen LogP contribution in [0.15, 0.2) is 24.3 Å². The van der Waals surface area contributed by atoms with Gasteiger partial charge >= 0.3 is 0 Å². The van der Waals surface area contributed by atoms with E-state index in [4.69, 9.17) is 0 Å². The van der Waals surface area contributed by atoms with Crippen molar-refractivity contribution in [3.63, 3.8) is 0 Å². The molecule has 1 aromatic carbocycles. The average molecular weight is 276 g/mol. The molecule has 114 valence electrons. The lowest BCUT2D eigenvalue weighted by atomic mass is 10.0. The van der Waals surface area contributed by atoms with Crippen molar-refractivity contribution < 1.29 is 0 Å². The second-order valence-electron chi connectivity index (χ2n) is 6.09. The lowest BCUT2D eigenvalue weighted by molar-refractivity contribution is 0.266. The third kappa shape index (κ3) is 6.06. The van der Waals surface area contributed by atoms with Crippen molar-refractivity contribution in [2.24, 2.45) is 5.92 Å². The summed E-state index contributed by atoms with van der Waals surface area (Å²) in [5, 5.41) is 3.61. The highest BCUT2D eigenvalue weighted by atomic mass is 15.1. The second kappa shape index (κ2) is 9.15. The maximum atomic E-state index is 3.61. The minimum atomic E-state index is 0.472. The van der Waals surface area contributed by atoms with Crippen molar-refractivity contribution in [3.8, 4) is 0 Å². The van der Waals surface area contributed by atoms with Crippen LogP contribution in [0.2, 0.25) is 0 Å². The standard InChI is InChI=1S/C18H32N2/c1-6-15(3)14-20(5)13-12-18(19-7-2)17-10-8-16(4)9-11-17/h8-11,15,18-19H,6-7,12-14H2,1-5H3. The van der Waals surface area contributed by atoms with E-state index in [9.17, 15) is 0 Å². The van der Waals surface area contributed by atoms with E-state index in [1.165, 1.54) is 30.5 Å². The van der Waals surface area contributed by atoms with Gasteiger partial charge in [0.05, 0.1) is 0 Å². The van der Waals surface area contributed by atoms with Crippen molar-refractivity contribution in [3.05, 3.63) is 35.4 Å². The summed E-state index contributed by atoms with van der Waals surface area (Å²) >= 11 is 0. The normalized spacial score (nSPS) is 14.5. The predicted octanol–water partition coefficient (Wildman–Crippen LogP) is 4.01. The Labute approximate surface area is 125 Å². The molecule has 0 saturated heterocycles. The highest BCUT2D eigenvalue weighted by Crippen LogP contribution is 2.18. The summed E-state index contributed by atoms with van der Waals surface area (Å²) in [6.45, 7) is 12.3. The number of aryl methyl sites for hydroxylation is 1. The number of hydrogen-bond donors (Lipinski definition) is 1. The van der Waals surface area contributed by atoms with Crippen molar-refractivity contribution in [2.45, 2.75) is 46.6 Å². The third-order valence-corrected chi connectivity index (χ3v) is 4.05. The predicted molar refractivity (Wildman–Crippen MR) is 89.2 cm³/mol. The first-order valence-electron chi connectivity index (χ1n) is 8.05. The van der Waals surface area contributed by atoms with Crippen LogP contribution in [-0.2, 0) is 0 Å². The smallest absolute Gasteiger partial charge is 0.0332 e. The van der Waals surface area contributed by atoms with Crippen LogP contribution in [-0.4, -0.2) is 31.6 Å². The van der Waals surface area contributed by atoms with Gasteiger partial charge in [0.25, 0.3) is 0 Å². The van der Waals surface area contributed by atoms with Crippen molar-refractivity contribution in [1.29, 1.82) is 0 Å². The first kappa shape index (κ1) is 17.2. The fourth-order valence-electron chi connectivity index (χ4n) is 2.53. The van der Waals surface area contributed by atoms with Gasteiger partial charge in [-0.15, -0.1) is 0 Å². The lowest BCUT2D eigenvalue weighted by Gasteiger charge is -2.24. The molecule has 0 fully saturated rings. The summed E-state index contributed by atoms with van der Waals surface area (Å²) in [4.78, 5) is 2.46. The topological polar surface area (TPSA) is 15.3 Å². The van der Waals surface area contributed by atoms with E-state index in [0.717, 1.165) is 19.0 Å². The summed E-state index contributed by atoms with van der Waals surface area (Å²) in [5.41, 5.74) is 2.74. The van der Waals surface area contributed by atoms with Gasteiger partial charge in [0.2, 0.25) is 0 Å². The number of hydrogen-bond acceptors (Lipinski definition) is 2. The van der Waals surface area contributed by atoms with Gasteiger partial charge < -0.3 is 10.2 Å². The molecule has 0 heterocycles. The Morgan fingerprint density at radius 3 is 2.35 bits per heavy atom. The SMILES string of the molecule is CCNC(CCN(C)CC(C)CC)c1ccc(C)cc1. The maximum Gasteiger partial charge on any atom is 0.0332 e. The van der Waals surface area contributed by atoms with Crippen LogP contribution < -0.4 is 5.32 Å². The molecule has 0 aliphatic heterocycles. The Morgan fingerprint density at radius 1 is 1.15 bits per heavy atom. The zero-order valence-electron chi connectivity index (χ0n) is 13.9. The fraction of sp³-hybridized carbons (Fsp3) is 0.667. The monoisotopic (exact) mass is 276 g/mol. The summed E-state index contributed by atoms with van der Waals surface area (Å²) < 4.78 is 0. The van der Waals surface area contributed by atoms with Crippen molar-refractivity contribution >= 4 is 0 Å². The molecule has 0 bridgehead atoms. The molecule has 0 saturated carbocycles. The molecule has 2 unspecified atom stereocenters. The Kier molecular flexibility index (Phi) is 7.86. The average Bonchev–Trinajstić information content (AvgIpc) is 2.44. The molecule has 2 nitrogen and oxygen atoms in total. The number of benzene rings is 1. The van der Waals surface area contributed by atoms with Gasteiger partial charge in [-0.1, -0.05) is 57.0 Å². The number of rotatable bonds is 9. The molecule has 1 rings (SSSR count). The van der Waals surface area contributed by atoms with E-state index < -0.39 is 0 Å². The summed E-state index contributed by atoms with van der Waals surface area (Å²) in [5.74, 6) is 0.789. The van der Waals surface area contributed by atoms with Gasteiger partial charge in [0, 0.05) is 12.6 Å². The number of nitrogens with zero attached hydrogens (tertiary/aromatic N) is 1. The van der Waals surface area contributed by atoms with Crippen LogP contribution in [0, 0.1) is 12.8 Å². The van der Waals surface area contributed by atoms with Crippen LogP contribution in [0.25, 0.3) is 0 Å². The quantitative estimate of drug-likeness (QED) is 0.733. The first-order chi connectivity index (χ1) is 9.56. The molecule has 0 aliphatic carbocycles. The van der Waals surface area contributed by atoms with E-state index in [1.54, 1.807) is 0 Å². The van der Waals surface area contributed by atoms with E-state index in [1.807, 2.05) is 0 Å². The van der Waals surface area contributed by atoms with Crippen LogP contribution in [0.5, 0.6) is 0 Å². The van der Waals surface area contributed by atoms with E-state index >= 15 is 0 Å². The van der Waals surface area contributed by atoms with E-state index in [-0.39, 0.29) is 0 Å². The summed E-state index contributed by atoms with van der Waals surface area (Å²) in [6.07, 6.45) is 2.43. The van der Waals surface area contributed by atoms with E-state index in [2.05, 4.69) is 69.2 Å². The molecule has 0 aromatic heterocycles. The van der Waals surface area contributed by atoms with Crippen molar-refractivity contribution in [1.82, 2.24) is 10.2 Å². The minimum absolute atomic E-state index is 0.472. The second-order valence-corrected chi connectivity index (χ2v) is 6.09. The molecule has 1 N–H and O–H groups in total. The molecular weight excluding hydrogens is 244 g/mol. The van der Waals surface area contributed by atoms with E-state index in [0.29, 0.717) is 6.04 Å². The summed E-state index contributed by atoms with van der Waals surface area (Å²) in [7, 11) is 2.24.